The van der Waals surface area contributed by atoms with Gasteiger partial charge in [-0.2, -0.15) is 0 Å². The van der Waals surface area contributed by atoms with E-state index in [0.29, 0.717) is 12.6 Å². The van der Waals surface area contributed by atoms with Crippen molar-refractivity contribution in [1.82, 2.24) is 9.88 Å². The van der Waals surface area contributed by atoms with Crippen LogP contribution in [0.5, 0.6) is 0 Å². The molecule has 1 aromatic rings. The number of hydrogen-bond donors (Lipinski definition) is 1. The molecule has 2 N–H and O–H groups in total. The van der Waals surface area contributed by atoms with Gasteiger partial charge in [0.15, 0.2) is 0 Å². The highest BCUT2D eigenvalue weighted by atomic mass is 32.1. The van der Waals surface area contributed by atoms with Gasteiger partial charge in [-0.15, -0.1) is 11.3 Å². The van der Waals surface area contributed by atoms with Crippen LogP contribution in [0.25, 0.3) is 0 Å². The van der Waals surface area contributed by atoms with Crippen LogP contribution < -0.4 is 5.73 Å². The molecule has 1 aromatic heterocycles. The molecule has 1 saturated heterocycles. The summed E-state index contributed by atoms with van der Waals surface area (Å²) < 4.78 is 5.66. The fourth-order valence-electron chi connectivity index (χ4n) is 2.36. The first-order valence-corrected chi connectivity index (χ1v) is 7.67. The topological polar surface area (TPSA) is 51.4 Å². The van der Waals surface area contributed by atoms with Crippen molar-refractivity contribution in [3.8, 4) is 0 Å². The zero-order chi connectivity index (χ0) is 12.8. The van der Waals surface area contributed by atoms with E-state index in [9.17, 15) is 0 Å². The lowest BCUT2D eigenvalue weighted by molar-refractivity contribution is 0.0123. The summed E-state index contributed by atoms with van der Waals surface area (Å²) in [6.45, 7) is 6.80. The third kappa shape index (κ3) is 4.02. The molecule has 1 fully saturated rings. The lowest BCUT2D eigenvalue weighted by atomic mass is 10.1. The average Bonchev–Trinajstić information content (AvgIpc) is 2.80. The maximum absolute atomic E-state index is 5.66. The molecule has 2 rings (SSSR count). The lowest BCUT2D eigenvalue weighted by Crippen LogP contribution is -2.36. The van der Waals surface area contributed by atoms with E-state index in [1.807, 2.05) is 0 Å². The van der Waals surface area contributed by atoms with Crippen LogP contribution in [0.4, 0.5) is 0 Å². The highest BCUT2D eigenvalue weighted by Crippen LogP contribution is 2.17. The number of thiazole rings is 1. The summed E-state index contributed by atoms with van der Waals surface area (Å²) in [7, 11) is 0. The zero-order valence-corrected chi connectivity index (χ0v) is 11.9. The van der Waals surface area contributed by atoms with E-state index in [1.165, 1.54) is 5.69 Å². The third-order valence-corrected chi connectivity index (χ3v) is 4.24. The molecule has 0 unspecified atom stereocenters. The Hall–Kier alpha value is -0.490. The maximum Gasteiger partial charge on any atom is 0.0941 e. The number of rotatable bonds is 6. The van der Waals surface area contributed by atoms with Gasteiger partial charge in [0.2, 0.25) is 0 Å². The number of aromatic nitrogens is 1. The van der Waals surface area contributed by atoms with Crippen molar-refractivity contribution in [3.63, 3.8) is 0 Å². The largest absolute Gasteiger partial charge is 0.378 e. The van der Waals surface area contributed by atoms with Gasteiger partial charge in [0.1, 0.15) is 0 Å². The van der Waals surface area contributed by atoms with E-state index < -0.39 is 0 Å². The van der Waals surface area contributed by atoms with Crippen LogP contribution >= 0.6 is 11.3 Å². The number of nitrogens with two attached hydrogens (primary N) is 1. The van der Waals surface area contributed by atoms with Gasteiger partial charge in [0.05, 0.1) is 16.8 Å². The van der Waals surface area contributed by atoms with E-state index in [1.54, 1.807) is 11.3 Å². The second kappa shape index (κ2) is 7.19. The second-order valence-corrected chi connectivity index (χ2v) is 5.64. The highest BCUT2D eigenvalue weighted by molar-refractivity contribution is 7.09. The Balaban J connectivity index is 1.76. The SMILES string of the molecule is CCOC1CCN(Cc2csc(CCN)n2)CC1. The van der Waals surface area contributed by atoms with E-state index >= 15 is 0 Å². The lowest BCUT2D eigenvalue weighted by Gasteiger charge is -2.31. The van der Waals surface area contributed by atoms with Crippen molar-refractivity contribution in [3.05, 3.63) is 16.1 Å². The number of hydrogen-bond acceptors (Lipinski definition) is 5. The number of piperidine rings is 1. The Bertz CT molecular complexity index is 348. The summed E-state index contributed by atoms with van der Waals surface area (Å²) in [6.07, 6.45) is 3.66. The Kier molecular flexibility index (Phi) is 5.56. The summed E-state index contributed by atoms with van der Waals surface area (Å²) in [5, 5.41) is 3.33. The molecule has 18 heavy (non-hydrogen) atoms. The van der Waals surface area contributed by atoms with Crippen molar-refractivity contribution in [2.75, 3.05) is 26.2 Å². The van der Waals surface area contributed by atoms with Crippen molar-refractivity contribution in [1.29, 1.82) is 0 Å². The van der Waals surface area contributed by atoms with Crippen molar-refractivity contribution in [2.24, 2.45) is 5.73 Å². The van der Waals surface area contributed by atoms with Gasteiger partial charge < -0.3 is 10.5 Å². The molecule has 0 amide bonds. The van der Waals surface area contributed by atoms with Crippen molar-refractivity contribution in [2.45, 2.75) is 38.8 Å². The molecule has 0 spiro atoms. The van der Waals surface area contributed by atoms with Crippen LogP contribution in [0.3, 0.4) is 0 Å². The summed E-state index contributed by atoms with van der Waals surface area (Å²) in [4.78, 5) is 7.08. The standard InChI is InChI=1S/C13H23N3OS/c1-2-17-12-4-7-16(8-5-12)9-11-10-18-13(15-11)3-6-14/h10,12H,2-9,14H2,1H3. The smallest absolute Gasteiger partial charge is 0.0941 e. The quantitative estimate of drug-likeness (QED) is 0.853. The molecular formula is C13H23N3OS. The molecule has 1 aliphatic rings. The second-order valence-electron chi connectivity index (χ2n) is 4.70. The van der Waals surface area contributed by atoms with E-state index in [0.717, 1.165) is 50.5 Å². The molecule has 5 heteroatoms. The van der Waals surface area contributed by atoms with Gasteiger partial charge in [-0.1, -0.05) is 0 Å². The predicted octanol–water partition coefficient (Wildman–Crippen LogP) is 1.65. The summed E-state index contributed by atoms with van der Waals surface area (Å²) in [5.74, 6) is 0. The van der Waals surface area contributed by atoms with Gasteiger partial charge in [-0.3, -0.25) is 4.90 Å². The minimum atomic E-state index is 0.467. The predicted molar refractivity (Wildman–Crippen MR) is 74.8 cm³/mol. The maximum atomic E-state index is 5.66. The molecule has 0 atom stereocenters. The Morgan fingerprint density at radius 2 is 2.28 bits per heavy atom. The zero-order valence-electron chi connectivity index (χ0n) is 11.1. The van der Waals surface area contributed by atoms with Crippen LogP contribution in [0.2, 0.25) is 0 Å². The first kappa shape index (κ1) is 13.9. The fraction of sp³-hybridized carbons (Fsp3) is 0.769. The fourth-order valence-corrected chi connectivity index (χ4v) is 3.16. The molecule has 102 valence electrons. The molecule has 4 nitrogen and oxygen atoms in total. The van der Waals surface area contributed by atoms with Crippen LogP contribution in [-0.4, -0.2) is 42.2 Å². The van der Waals surface area contributed by atoms with Crippen LogP contribution in [0.1, 0.15) is 30.5 Å². The van der Waals surface area contributed by atoms with E-state index in [4.69, 9.17) is 10.5 Å². The van der Waals surface area contributed by atoms with Gasteiger partial charge in [-0.05, 0) is 26.3 Å². The first-order valence-electron chi connectivity index (χ1n) is 6.79. The number of ether oxygens (including phenoxy) is 1. The number of nitrogens with zero attached hydrogens (tertiary/aromatic N) is 2. The minimum absolute atomic E-state index is 0.467. The van der Waals surface area contributed by atoms with Gasteiger partial charge >= 0.3 is 0 Å². The third-order valence-electron chi connectivity index (χ3n) is 3.28. The molecule has 0 bridgehead atoms. The summed E-state index contributed by atoms with van der Waals surface area (Å²) in [6, 6.07) is 0. The first-order chi connectivity index (χ1) is 8.81. The molecule has 0 aromatic carbocycles. The van der Waals surface area contributed by atoms with Gasteiger partial charge in [0, 0.05) is 38.0 Å². The molecule has 1 aliphatic heterocycles. The van der Waals surface area contributed by atoms with Gasteiger partial charge in [-0.25, -0.2) is 4.98 Å². The van der Waals surface area contributed by atoms with Crippen LogP contribution in [-0.2, 0) is 17.7 Å². The molecule has 0 aliphatic carbocycles. The van der Waals surface area contributed by atoms with Crippen LogP contribution in [0, 0.1) is 0 Å². The Morgan fingerprint density at radius 1 is 1.50 bits per heavy atom. The summed E-state index contributed by atoms with van der Waals surface area (Å²) >= 11 is 1.73. The average molecular weight is 269 g/mol. The molecule has 0 radical (unpaired) electrons. The van der Waals surface area contributed by atoms with E-state index in [2.05, 4.69) is 22.2 Å². The monoisotopic (exact) mass is 269 g/mol. The van der Waals surface area contributed by atoms with Crippen molar-refractivity contribution >= 4 is 11.3 Å². The van der Waals surface area contributed by atoms with Crippen LogP contribution in [0.15, 0.2) is 5.38 Å². The molecular weight excluding hydrogens is 246 g/mol. The highest BCUT2D eigenvalue weighted by Gasteiger charge is 2.19. The molecule has 2 heterocycles. The Morgan fingerprint density at radius 3 is 2.94 bits per heavy atom. The minimum Gasteiger partial charge on any atom is -0.378 e. The summed E-state index contributed by atoms with van der Waals surface area (Å²) in [5.41, 5.74) is 6.73. The van der Waals surface area contributed by atoms with Crippen molar-refractivity contribution < 1.29 is 4.74 Å². The Labute approximate surface area is 113 Å². The normalized spacial score (nSPS) is 18.3. The number of likely N-dealkylation sites (tertiary alicyclic amines) is 1. The van der Waals surface area contributed by atoms with E-state index in [-0.39, 0.29) is 0 Å². The molecule has 0 saturated carbocycles. The van der Waals surface area contributed by atoms with Gasteiger partial charge in [0.25, 0.3) is 0 Å².